The first-order chi connectivity index (χ1) is 12.1. The third-order valence-corrected chi connectivity index (χ3v) is 6.26. The first kappa shape index (κ1) is 18.0. The Balaban J connectivity index is 1.72. The number of carbonyl (C=O) groups is 2. The number of aromatic nitrogens is 4. The largest absolute Gasteiger partial charge is 0.457 e. The van der Waals surface area contributed by atoms with E-state index in [1.807, 2.05) is 0 Å². The van der Waals surface area contributed by atoms with Crippen molar-refractivity contribution in [1.29, 1.82) is 0 Å². The molecule has 2 aliphatic rings. The Morgan fingerprint density at radius 2 is 2.36 bits per heavy atom. The standard InChI is InChI=1S/C14H17N5O4S2/c1-3-5-23-13(22)10-9(4-6-24-14-15-16-17-18(14)2)25-12-8(7-20)11(21)19(10)12/h3,8,12,20H,1,4-7H2,2H3/t8-,12+/m0/s1. The Hall–Kier alpha value is -1.85. The van der Waals surface area contributed by atoms with Crippen LogP contribution < -0.4 is 0 Å². The number of aryl methyl sites for hydroxylation is 1. The number of aliphatic hydroxyl groups is 1. The van der Waals surface area contributed by atoms with Gasteiger partial charge in [0.1, 0.15) is 17.7 Å². The molecule has 11 heteroatoms. The van der Waals surface area contributed by atoms with Gasteiger partial charge in [-0.1, -0.05) is 24.4 Å². The molecule has 134 valence electrons. The minimum absolute atomic E-state index is 0.0791. The van der Waals surface area contributed by atoms with Gasteiger partial charge in [0.2, 0.25) is 11.1 Å². The predicted octanol–water partition coefficient (Wildman–Crippen LogP) is 0.157. The lowest BCUT2D eigenvalue weighted by molar-refractivity contribution is -0.155. The third-order valence-electron chi connectivity index (χ3n) is 3.79. The van der Waals surface area contributed by atoms with Crippen LogP contribution in [0.1, 0.15) is 6.42 Å². The Labute approximate surface area is 152 Å². The third kappa shape index (κ3) is 3.31. The van der Waals surface area contributed by atoms with Gasteiger partial charge in [-0.15, -0.1) is 16.9 Å². The number of tetrazole rings is 1. The average molecular weight is 383 g/mol. The van der Waals surface area contributed by atoms with Gasteiger partial charge in [0.05, 0.1) is 12.5 Å². The number of esters is 1. The fraction of sp³-hybridized carbons (Fsp3) is 0.500. The summed E-state index contributed by atoms with van der Waals surface area (Å²) in [5, 5.41) is 21.0. The predicted molar refractivity (Wildman–Crippen MR) is 91.1 cm³/mol. The van der Waals surface area contributed by atoms with Crippen LogP contribution in [-0.2, 0) is 21.4 Å². The number of aliphatic hydroxyl groups excluding tert-OH is 1. The van der Waals surface area contributed by atoms with Crippen LogP contribution in [0.3, 0.4) is 0 Å². The van der Waals surface area contributed by atoms with Crippen LogP contribution in [0, 0.1) is 5.92 Å². The maximum Gasteiger partial charge on any atom is 0.356 e. The highest BCUT2D eigenvalue weighted by molar-refractivity contribution is 8.04. The summed E-state index contributed by atoms with van der Waals surface area (Å²) in [6, 6.07) is 0. The maximum absolute atomic E-state index is 12.4. The van der Waals surface area contributed by atoms with Gasteiger partial charge in [0.25, 0.3) is 0 Å². The maximum atomic E-state index is 12.4. The summed E-state index contributed by atoms with van der Waals surface area (Å²) >= 11 is 2.90. The van der Waals surface area contributed by atoms with E-state index in [0.717, 1.165) is 4.91 Å². The number of ether oxygens (including phenoxy) is 1. The molecule has 0 saturated carbocycles. The van der Waals surface area contributed by atoms with Gasteiger partial charge in [-0.2, -0.15) is 0 Å². The summed E-state index contributed by atoms with van der Waals surface area (Å²) in [7, 11) is 1.75. The van der Waals surface area contributed by atoms with E-state index in [4.69, 9.17) is 4.74 Å². The van der Waals surface area contributed by atoms with E-state index in [0.29, 0.717) is 17.3 Å². The number of β-lactam (4-membered cyclic amide) rings is 1. The Bertz CT molecular complexity index is 735. The molecule has 1 aromatic rings. The summed E-state index contributed by atoms with van der Waals surface area (Å²) in [4.78, 5) is 26.7. The van der Waals surface area contributed by atoms with Crippen LogP contribution in [0.15, 0.2) is 28.4 Å². The van der Waals surface area contributed by atoms with Crippen LogP contribution in [0.5, 0.6) is 0 Å². The van der Waals surface area contributed by atoms with Crippen molar-refractivity contribution < 1.29 is 19.4 Å². The van der Waals surface area contributed by atoms with Crippen LogP contribution in [-0.4, -0.2) is 66.4 Å². The molecule has 0 spiro atoms. The van der Waals surface area contributed by atoms with Crippen molar-refractivity contribution in [3.8, 4) is 0 Å². The number of hydrogen-bond acceptors (Lipinski definition) is 9. The minimum Gasteiger partial charge on any atom is -0.457 e. The molecule has 1 amide bonds. The topological polar surface area (TPSA) is 110 Å². The van der Waals surface area contributed by atoms with Crippen molar-refractivity contribution in [1.82, 2.24) is 25.1 Å². The van der Waals surface area contributed by atoms with Crippen molar-refractivity contribution >= 4 is 35.4 Å². The molecule has 0 aliphatic carbocycles. The van der Waals surface area contributed by atoms with Crippen molar-refractivity contribution in [3.05, 3.63) is 23.3 Å². The summed E-state index contributed by atoms with van der Waals surface area (Å²) in [5.41, 5.74) is 0.281. The molecule has 25 heavy (non-hydrogen) atoms. The van der Waals surface area contributed by atoms with E-state index < -0.39 is 11.9 Å². The summed E-state index contributed by atoms with van der Waals surface area (Å²) in [6.07, 6.45) is 2.04. The summed E-state index contributed by atoms with van der Waals surface area (Å²) in [6.45, 7) is 3.37. The highest BCUT2D eigenvalue weighted by atomic mass is 32.2. The normalized spacial score (nSPS) is 22.0. The number of allylic oxidation sites excluding steroid dienone is 1. The van der Waals surface area contributed by atoms with Crippen LogP contribution in [0.2, 0.25) is 0 Å². The average Bonchev–Trinajstić information content (AvgIpc) is 3.15. The number of nitrogens with zero attached hydrogens (tertiary/aromatic N) is 5. The molecular weight excluding hydrogens is 366 g/mol. The number of thioether (sulfide) groups is 2. The van der Waals surface area contributed by atoms with E-state index in [-0.39, 0.29) is 30.2 Å². The van der Waals surface area contributed by atoms with E-state index in [9.17, 15) is 14.7 Å². The SMILES string of the molecule is C=CCOC(=O)C1=C(CCSc2nnnn2C)S[C@@H]2[C@@H](CO)C(=O)N12. The van der Waals surface area contributed by atoms with Gasteiger partial charge in [0.15, 0.2) is 0 Å². The molecular formula is C14H17N5O4S2. The zero-order valence-corrected chi connectivity index (χ0v) is 15.1. The second-order valence-corrected chi connectivity index (χ2v) is 7.62. The van der Waals surface area contributed by atoms with Crippen LogP contribution >= 0.6 is 23.5 Å². The highest BCUT2D eigenvalue weighted by Crippen LogP contribution is 2.50. The van der Waals surface area contributed by atoms with Gasteiger partial charge in [-0.25, -0.2) is 9.48 Å². The lowest BCUT2D eigenvalue weighted by atomic mass is 9.98. The summed E-state index contributed by atoms with van der Waals surface area (Å²) < 4.78 is 6.69. The monoisotopic (exact) mass is 383 g/mol. The van der Waals surface area contributed by atoms with E-state index in [2.05, 4.69) is 22.1 Å². The van der Waals surface area contributed by atoms with Crippen LogP contribution in [0.25, 0.3) is 0 Å². The first-order valence-electron chi connectivity index (χ1n) is 7.55. The molecule has 2 atom stereocenters. The Morgan fingerprint density at radius 3 is 3.00 bits per heavy atom. The molecule has 1 fully saturated rings. The van der Waals surface area contributed by atoms with E-state index in [1.165, 1.54) is 34.5 Å². The Kier molecular flexibility index (Phi) is 5.45. The molecule has 1 saturated heterocycles. The first-order valence-corrected chi connectivity index (χ1v) is 9.42. The van der Waals surface area contributed by atoms with Crippen LogP contribution in [0.4, 0.5) is 0 Å². The highest BCUT2D eigenvalue weighted by Gasteiger charge is 2.55. The fourth-order valence-electron chi connectivity index (χ4n) is 2.57. The quantitative estimate of drug-likeness (QED) is 0.290. The van der Waals surface area contributed by atoms with E-state index in [1.54, 1.807) is 11.7 Å². The number of fused-ring (bicyclic) bond motifs is 1. The van der Waals surface area contributed by atoms with Gasteiger partial charge >= 0.3 is 5.97 Å². The molecule has 0 radical (unpaired) electrons. The molecule has 2 aliphatic heterocycles. The van der Waals surface area contributed by atoms with Crippen molar-refractivity contribution in [3.63, 3.8) is 0 Å². The molecule has 0 aromatic carbocycles. The molecule has 0 unspecified atom stereocenters. The number of amides is 1. The minimum atomic E-state index is -0.542. The van der Waals surface area contributed by atoms with Gasteiger partial charge in [-0.3, -0.25) is 9.69 Å². The van der Waals surface area contributed by atoms with E-state index >= 15 is 0 Å². The smallest absolute Gasteiger partial charge is 0.356 e. The second kappa shape index (κ2) is 7.58. The molecule has 1 N–H and O–H groups in total. The molecule has 0 bridgehead atoms. The summed E-state index contributed by atoms with van der Waals surface area (Å²) in [5.74, 6) is -0.612. The zero-order chi connectivity index (χ0) is 18.0. The molecule has 3 rings (SSSR count). The number of carbonyl (C=O) groups excluding carboxylic acids is 2. The fourth-order valence-corrected chi connectivity index (χ4v) is 4.99. The molecule has 9 nitrogen and oxygen atoms in total. The van der Waals surface area contributed by atoms with Gasteiger partial charge in [0, 0.05) is 17.7 Å². The van der Waals surface area contributed by atoms with Crippen molar-refractivity contribution in [2.45, 2.75) is 17.0 Å². The van der Waals surface area contributed by atoms with Gasteiger partial charge < -0.3 is 9.84 Å². The van der Waals surface area contributed by atoms with Gasteiger partial charge in [-0.05, 0) is 16.8 Å². The number of rotatable bonds is 8. The lowest BCUT2D eigenvalue weighted by Gasteiger charge is -2.41. The Morgan fingerprint density at radius 1 is 1.56 bits per heavy atom. The lowest BCUT2D eigenvalue weighted by Crippen LogP contribution is -2.58. The molecule has 3 heterocycles. The number of hydrogen-bond donors (Lipinski definition) is 1. The van der Waals surface area contributed by atoms with Crippen molar-refractivity contribution in [2.75, 3.05) is 19.0 Å². The van der Waals surface area contributed by atoms with Crippen molar-refractivity contribution in [2.24, 2.45) is 13.0 Å². The zero-order valence-electron chi connectivity index (χ0n) is 13.5. The molecule has 1 aromatic heterocycles. The second-order valence-electron chi connectivity index (χ2n) is 5.35.